The van der Waals surface area contributed by atoms with Crippen LogP contribution in [0.15, 0.2) is 0 Å². The second kappa shape index (κ2) is 6.79. The van der Waals surface area contributed by atoms with E-state index in [2.05, 4.69) is 10.6 Å². The van der Waals surface area contributed by atoms with Gasteiger partial charge in [0.2, 0.25) is 0 Å². The maximum atomic E-state index is 11.1. The smallest absolute Gasteiger partial charge is 0.317 e. The molecule has 0 bridgehead atoms. The molecule has 0 spiro atoms. The number of amides is 2. The Balaban J connectivity index is 1.92. The van der Waals surface area contributed by atoms with Crippen molar-refractivity contribution in [2.75, 3.05) is 44.7 Å². The Labute approximate surface area is 93.0 Å². The van der Waals surface area contributed by atoms with Gasteiger partial charge in [0.05, 0.1) is 0 Å². The van der Waals surface area contributed by atoms with Crippen LogP contribution in [0, 0.1) is 0 Å². The van der Waals surface area contributed by atoms with Gasteiger partial charge >= 0.3 is 6.03 Å². The molecule has 1 aliphatic rings. The summed E-state index contributed by atoms with van der Waals surface area (Å²) in [6, 6.07) is 0.0338. The van der Waals surface area contributed by atoms with Gasteiger partial charge in [0.15, 0.2) is 0 Å². The molecule has 15 heavy (non-hydrogen) atoms. The third-order valence-corrected chi connectivity index (χ3v) is 3.15. The van der Waals surface area contributed by atoms with Crippen LogP contribution in [0.25, 0.3) is 0 Å². The summed E-state index contributed by atoms with van der Waals surface area (Å²) in [6.07, 6.45) is 2.64. The molecule has 1 rings (SSSR count). The van der Waals surface area contributed by atoms with E-state index >= 15 is 0 Å². The highest BCUT2D eigenvalue weighted by molar-refractivity contribution is 7.84. The molecule has 1 unspecified atom stereocenters. The molecule has 88 valence electrons. The Morgan fingerprint density at radius 3 is 2.93 bits per heavy atom. The van der Waals surface area contributed by atoms with E-state index in [1.165, 1.54) is 0 Å². The molecule has 1 heterocycles. The zero-order valence-corrected chi connectivity index (χ0v) is 9.94. The Hall–Kier alpha value is -0.620. The first-order valence-electron chi connectivity index (χ1n) is 5.23. The van der Waals surface area contributed by atoms with E-state index in [0.29, 0.717) is 0 Å². The monoisotopic (exact) mass is 233 g/mol. The molecule has 0 aromatic carbocycles. The van der Waals surface area contributed by atoms with E-state index in [1.54, 1.807) is 11.2 Å². The van der Waals surface area contributed by atoms with Crippen LogP contribution in [0.3, 0.4) is 0 Å². The van der Waals surface area contributed by atoms with Crippen molar-refractivity contribution in [3.63, 3.8) is 0 Å². The highest BCUT2D eigenvalue weighted by atomic mass is 32.2. The van der Waals surface area contributed by atoms with Crippen molar-refractivity contribution >= 4 is 16.8 Å². The summed E-state index contributed by atoms with van der Waals surface area (Å²) < 4.78 is 10.8. The summed E-state index contributed by atoms with van der Waals surface area (Å²) in [6.45, 7) is 3.99. The fourth-order valence-corrected chi connectivity index (χ4v) is 2.01. The van der Waals surface area contributed by atoms with Gasteiger partial charge in [-0.3, -0.25) is 4.21 Å². The van der Waals surface area contributed by atoms with Crippen molar-refractivity contribution in [2.45, 2.75) is 6.42 Å². The molecule has 2 amide bonds. The number of rotatable bonds is 7. The van der Waals surface area contributed by atoms with Gasteiger partial charge in [-0.05, 0) is 13.0 Å². The van der Waals surface area contributed by atoms with Crippen molar-refractivity contribution in [2.24, 2.45) is 0 Å². The molecular formula is C9H19N3O2S. The maximum Gasteiger partial charge on any atom is 0.317 e. The van der Waals surface area contributed by atoms with E-state index < -0.39 is 10.8 Å². The normalized spacial score (nSPS) is 17.9. The molecule has 0 aromatic heterocycles. The van der Waals surface area contributed by atoms with E-state index in [9.17, 15) is 9.00 Å². The Morgan fingerprint density at radius 1 is 1.53 bits per heavy atom. The predicted octanol–water partition coefficient (Wildman–Crippen LogP) is -0.630. The van der Waals surface area contributed by atoms with Gasteiger partial charge in [-0.25, -0.2) is 4.79 Å². The van der Waals surface area contributed by atoms with Crippen molar-refractivity contribution in [1.82, 2.24) is 15.5 Å². The van der Waals surface area contributed by atoms with Gasteiger partial charge in [-0.2, -0.15) is 0 Å². The lowest BCUT2D eigenvalue weighted by Gasteiger charge is -2.13. The number of nitrogens with zero attached hydrogens (tertiary/aromatic N) is 1. The van der Waals surface area contributed by atoms with Crippen LogP contribution in [0.5, 0.6) is 0 Å². The van der Waals surface area contributed by atoms with Gasteiger partial charge in [-0.1, -0.05) is 0 Å². The lowest BCUT2D eigenvalue weighted by atomic mass is 10.4. The SMILES string of the molecule is CS(=O)CCCNCCN1CCNC1=O. The molecule has 0 radical (unpaired) electrons. The third-order valence-electron chi connectivity index (χ3n) is 2.29. The van der Waals surface area contributed by atoms with Gasteiger partial charge < -0.3 is 15.5 Å². The van der Waals surface area contributed by atoms with Crippen molar-refractivity contribution in [3.8, 4) is 0 Å². The van der Waals surface area contributed by atoms with E-state index in [0.717, 1.165) is 44.9 Å². The minimum atomic E-state index is -0.693. The number of urea groups is 1. The van der Waals surface area contributed by atoms with Crippen LogP contribution >= 0.6 is 0 Å². The standard InChI is InChI=1S/C9H19N3O2S/c1-15(14)8-2-3-10-4-6-12-7-5-11-9(12)13/h10H,2-8H2,1H3,(H,11,13). The highest BCUT2D eigenvalue weighted by Gasteiger charge is 2.17. The second-order valence-corrected chi connectivity index (χ2v) is 5.15. The van der Waals surface area contributed by atoms with Crippen molar-refractivity contribution < 1.29 is 9.00 Å². The molecule has 6 heteroatoms. The second-order valence-electron chi connectivity index (χ2n) is 3.60. The largest absolute Gasteiger partial charge is 0.336 e. The molecule has 1 aliphatic heterocycles. The quantitative estimate of drug-likeness (QED) is 0.576. The summed E-state index contributed by atoms with van der Waals surface area (Å²) in [5.74, 6) is 0.747. The summed E-state index contributed by atoms with van der Waals surface area (Å²) in [5.41, 5.74) is 0. The van der Waals surface area contributed by atoms with Gasteiger partial charge in [-0.15, -0.1) is 0 Å². The molecule has 5 nitrogen and oxygen atoms in total. The van der Waals surface area contributed by atoms with Crippen LogP contribution in [-0.2, 0) is 10.8 Å². The summed E-state index contributed by atoms with van der Waals surface area (Å²) >= 11 is 0. The number of hydrogen-bond acceptors (Lipinski definition) is 3. The number of carbonyl (C=O) groups excluding carboxylic acids is 1. The van der Waals surface area contributed by atoms with Crippen LogP contribution in [-0.4, -0.2) is 59.9 Å². The lowest BCUT2D eigenvalue weighted by Crippen LogP contribution is -2.35. The van der Waals surface area contributed by atoms with E-state index in [-0.39, 0.29) is 6.03 Å². The number of carbonyl (C=O) groups is 1. The Kier molecular flexibility index (Phi) is 5.63. The third kappa shape index (κ3) is 5.13. The van der Waals surface area contributed by atoms with Crippen LogP contribution in [0.1, 0.15) is 6.42 Å². The fraction of sp³-hybridized carbons (Fsp3) is 0.889. The average molecular weight is 233 g/mol. The number of hydrogen-bond donors (Lipinski definition) is 2. The Morgan fingerprint density at radius 2 is 2.33 bits per heavy atom. The lowest BCUT2D eigenvalue weighted by molar-refractivity contribution is 0.217. The molecule has 0 saturated carbocycles. The fourth-order valence-electron chi connectivity index (χ4n) is 1.46. The first-order valence-corrected chi connectivity index (χ1v) is 6.96. The van der Waals surface area contributed by atoms with Crippen LogP contribution < -0.4 is 10.6 Å². The minimum absolute atomic E-state index is 0.0338. The van der Waals surface area contributed by atoms with Crippen LogP contribution in [0.2, 0.25) is 0 Å². The predicted molar refractivity (Wildman–Crippen MR) is 61.4 cm³/mol. The summed E-state index contributed by atoms with van der Waals surface area (Å²) in [5, 5.41) is 5.99. The first kappa shape index (κ1) is 12.4. The van der Waals surface area contributed by atoms with Gasteiger partial charge in [0.1, 0.15) is 0 Å². The molecule has 1 saturated heterocycles. The molecule has 0 aromatic rings. The first-order chi connectivity index (χ1) is 7.20. The molecule has 1 fully saturated rings. The van der Waals surface area contributed by atoms with E-state index in [1.807, 2.05) is 0 Å². The minimum Gasteiger partial charge on any atom is -0.336 e. The molecular weight excluding hydrogens is 214 g/mol. The van der Waals surface area contributed by atoms with Crippen LogP contribution in [0.4, 0.5) is 4.79 Å². The topological polar surface area (TPSA) is 61.4 Å². The Bertz CT molecular complexity index is 235. The number of nitrogens with one attached hydrogen (secondary N) is 2. The molecule has 0 aliphatic carbocycles. The van der Waals surface area contributed by atoms with E-state index in [4.69, 9.17) is 0 Å². The van der Waals surface area contributed by atoms with Gasteiger partial charge in [0, 0.05) is 49.0 Å². The van der Waals surface area contributed by atoms with Crippen molar-refractivity contribution in [3.05, 3.63) is 0 Å². The summed E-state index contributed by atoms with van der Waals surface area (Å²) in [4.78, 5) is 12.9. The molecule has 2 N–H and O–H groups in total. The van der Waals surface area contributed by atoms with Gasteiger partial charge in [0.25, 0.3) is 0 Å². The molecule has 1 atom stereocenters. The average Bonchev–Trinajstić information content (AvgIpc) is 2.57. The van der Waals surface area contributed by atoms with Crippen molar-refractivity contribution in [1.29, 1.82) is 0 Å². The zero-order chi connectivity index (χ0) is 11.1. The highest BCUT2D eigenvalue weighted by Crippen LogP contribution is 1.94. The zero-order valence-electron chi connectivity index (χ0n) is 9.12. The summed E-state index contributed by atoms with van der Waals surface area (Å²) in [7, 11) is -0.693. The maximum absolute atomic E-state index is 11.1.